The lowest BCUT2D eigenvalue weighted by Gasteiger charge is -2.33. The largest absolute Gasteiger partial charge is 0.467 e. The molecular formula is C19H18F6N4O2. The second kappa shape index (κ2) is 8.98. The summed E-state index contributed by atoms with van der Waals surface area (Å²) in [6.07, 6.45) is -6.07. The van der Waals surface area contributed by atoms with E-state index in [2.05, 4.69) is 20.0 Å². The van der Waals surface area contributed by atoms with Crippen molar-refractivity contribution in [1.29, 1.82) is 0 Å². The van der Waals surface area contributed by atoms with E-state index < -0.39 is 36.3 Å². The van der Waals surface area contributed by atoms with E-state index in [4.69, 9.17) is 0 Å². The minimum absolute atomic E-state index is 0.112. The average molecular weight is 448 g/mol. The number of ether oxygens (including phenoxy) is 1. The highest BCUT2D eigenvalue weighted by Crippen LogP contribution is 2.30. The van der Waals surface area contributed by atoms with Crippen LogP contribution >= 0.6 is 0 Å². The number of alkyl halides is 6. The molecular weight excluding hydrogens is 430 g/mol. The smallest absolute Gasteiger partial charge is 0.422 e. The molecule has 168 valence electrons. The first-order valence-electron chi connectivity index (χ1n) is 9.26. The number of carbonyl (C=O) groups is 1. The number of hydrogen-bond acceptors (Lipinski definition) is 5. The van der Waals surface area contributed by atoms with Gasteiger partial charge in [0, 0.05) is 31.5 Å². The fourth-order valence-corrected chi connectivity index (χ4v) is 3.09. The van der Waals surface area contributed by atoms with Crippen molar-refractivity contribution in [3.63, 3.8) is 0 Å². The summed E-state index contributed by atoms with van der Waals surface area (Å²) in [6.45, 7) is -0.690. The zero-order valence-corrected chi connectivity index (χ0v) is 16.0. The molecule has 0 spiro atoms. The van der Waals surface area contributed by atoms with E-state index >= 15 is 0 Å². The van der Waals surface area contributed by atoms with Crippen molar-refractivity contribution in [2.24, 2.45) is 0 Å². The molecule has 0 atom stereocenters. The predicted octanol–water partition coefficient (Wildman–Crippen LogP) is 3.84. The molecule has 12 heteroatoms. The molecule has 0 bridgehead atoms. The number of pyridine rings is 2. The van der Waals surface area contributed by atoms with E-state index in [1.807, 2.05) is 0 Å². The number of rotatable bonds is 5. The van der Waals surface area contributed by atoms with Gasteiger partial charge in [0.1, 0.15) is 11.4 Å². The van der Waals surface area contributed by atoms with Crippen LogP contribution < -0.4 is 15.0 Å². The van der Waals surface area contributed by atoms with Gasteiger partial charge in [-0.2, -0.15) is 26.3 Å². The summed E-state index contributed by atoms with van der Waals surface area (Å²) in [5.74, 6) is -0.632. The van der Waals surface area contributed by atoms with Gasteiger partial charge in [-0.25, -0.2) is 9.97 Å². The van der Waals surface area contributed by atoms with Gasteiger partial charge in [-0.15, -0.1) is 0 Å². The average Bonchev–Trinajstić information content (AvgIpc) is 2.72. The minimum atomic E-state index is -4.57. The van der Waals surface area contributed by atoms with Crippen molar-refractivity contribution in [2.45, 2.75) is 31.2 Å². The molecule has 1 amide bonds. The molecule has 2 aromatic rings. The van der Waals surface area contributed by atoms with E-state index in [0.29, 0.717) is 31.7 Å². The molecule has 1 aliphatic heterocycles. The summed E-state index contributed by atoms with van der Waals surface area (Å²) >= 11 is 0. The highest BCUT2D eigenvalue weighted by atomic mass is 19.4. The molecule has 1 fully saturated rings. The number of piperidine rings is 1. The zero-order valence-electron chi connectivity index (χ0n) is 16.0. The van der Waals surface area contributed by atoms with Crippen molar-refractivity contribution in [3.05, 3.63) is 47.8 Å². The third kappa shape index (κ3) is 6.22. The number of hydrogen-bond donors (Lipinski definition) is 1. The first-order chi connectivity index (χ1) is 14.5. The summed E-state index contributed by atoms with van der Waals surface area (Å²) in [5, 5.41) is 2.74. The Balaban J connectivity index is 1.56. The van der Waals surface area contributed by atoms with Crippen LogP contribution in [0.2, 0.25) is 0 Å². The topological polar surface area (TPSA) is 67.4 Å². The highest BCUT2D eigenvalue weighted by Gasteiger charge is 2.32. The standard InChI is InChI=1S/C19H18F6N4O2/c20-18(21,22)11-31-17-14(2-1-7-26-17)16(30)28-13-5-8-29(9-6-13)15-4-3-12(10-27-15)19(23,24)25/h1-4,7,10,13H,5-6,8-9,11H2,(H,28,30). The second-order valence-corrected chi connectivity index (χ2v) is 6.90. The zero-order chi connectivity index (χ0) is 22.6. The van der Waals surface area contributed by atoms with Gasteiger partial charge in [-0.3, -0.25) is 4.79 Å². The Labute approximate surface area is 173 Å². The van der Waals surface area contributed by atoms with E-state index in [9.17, 15) is 31.1 Å². The molecule has 1 saturated heterocycles. The molecule has 6 nitrogen and oxygen atoms in total. The number of nitrogens with zero attached hydrogens (tertiary/aromatic N) is 3. The Bertz CT molecular complexity index is 894. The Kier molecular flexibility index (Phi) is 6.56. The van der Waals surface area contributed by atoms with Gasteiger partial charge in [0.2, 0.25) is 5.88 Å². The summed E-state index contributed by atoms with van der Waals surface area (Å²) in [4.78, 5) is 21.8. The van der Waals surface area contributed by atoms with Crippen LogP contribution in [0.1, 0.15) is 28.8 Å². The molecule has 1 aliphatic rings. The number of carbonyl (C=O) groups excluding carboxylic acids is 1. The van der Waals surface area contributed by atoms with Crippen molar-refractivity contribution in [2.75, 3.05) is 24.6 Å². The second-order valence-electron chi connectivity index (χ2n) is 6.90. The van der Waals surface area contributed by atoms with Gasteiger partial charge in [0.25, 0.3) is 5.91 Å². The number of amides is 1. The molecule has 31 heavy (non-hydrogen) atoms. The van der Waals surface area contributed by atoms with Gasteiger partial charge in [0.05, 0.1) is 5.56 Å². The van der Waals surface area contributed by atoms with Crippen LogP contribution in [-0.2, 0) is 6.18 Å². The SMILES string of the molecule is O=C(NC1CCN(c2ccc(C(F)(F)F)cn2)CC1)c1cccnc1OCC(F)(F)F. The lowest BCUT2D eigenvalue weighted by molar-refractivity contribution is -0.154. The van der Waals surface area contributed by atoms with E-state index in [-0.39, 0.29) is 11.6 Å². The first-order valence-corrected chi connectivity index (χ1v) is 9.26. The van der Waals surface area contributed by atoms with Crippen molar-refractivity contribution in [3.8, 4) is 5.88 Å². The molecule has 0 aromatic carbocycles. The van der Waals surface area contributed by atoms with Crippen LogP contribution in [0.15, 0.2) is 36.7 Å². The lowest BCUT2D eigenvalue weighted by atomic mass is 10.0. The Morgan fingerprint density at radius 2 is 1.81 bits per heavy atom. The summed E-state index contributed by atoms with van der Waals surface area (Å²) in [6, 6.07) is 4.71. The summed E-state index contributed by atoms with van der Waals surface area (Å²) < 4.78 is 79.7. The fraction of sp³-hybridized carbons (Fsp3) is 0.421. The number of nitrogens with one attached hydrogen (secondary N) is 1. The molecule has 0 aliphatic carbocycles. The molecule has 0 unspecified atom stereocenters. The third-order valence-corrected chi connectivity index (χ3v) is 4.62. The predicted molar refractivity (Wildman–Crippen MR) is 97.7 cm³/mol. The van der Waals surface area contributed by atoms with E-state index in [1.54, 1.807) is 4.90 Å². The summed E-state index contributed by atoms with van der Waals surface area (Å²) in [5.41, 5.74) is -0.947. The molecule has 1 N–H and O–H groups in total. The number of anilines is 1. The molecule has 0 radical (unpaired) electrons. The third-order valence-electron chi connectivity index (χ3n) is 4.62. The minimum Gasteiger partial charge on any atom is -0.467 e. The maximum Gasteiger partial charge on any atom is 0.422 e. The van der Waals surface area contributed by atoms with Crippen LogP contribution in [0, 0.1) is 0 Å². The Morgan fingerprint density at radius 1 is 1.10 bits per heavy atom. The van der Waals surface area contributed by atoms with Crippen molar-refractivity contribution < 1.29 is 35.9 Å². The normalized spacial score (nSPS) is 15.6. The van der Waals surface area contributed by atoms with Crippen LogP contribution in [-0.4, -0.2) is 47.8 Å². The highest BCUT2D eigenvalue weighted by molar-refractivity contribution is 5.96. The quantitative estimate of drug-likeness (QED) is 0.705. The lowest BCUT2D eigenvalue weighted by Crippen LogP contribution is -2.45. The molecule has 0 saturated carbocycles. The molecule has 3 heterocycles. The van der Waals surface area contributed by atoms with Crippen molar-refractivity contribution >= 4 is 11.7 Å². The monoisotopic (exact) mass is 448 g/mol. The van der Waals surface area contributed by atoms with Crippen LogP contribution in [0.3, 0.4) is 0 Å². The Morgan fingerprint density at radius 3 is 2.39 bits per heavy atom. The molecule has 2 aromatic heterocycles. The van der Waals surface area contributed by atoms with Gasteiger partial charge in [-0.1, -0.05) is 0 Å². The molecule has 3 rings (SSSR count). The van der Waals surface area contributed by atoms with Gasteiger partial charge in [-0.05, 0) is 37.1 Å². The maximum absolute atomic E-state index is 12.6. The summed E-state index contributed by atoms with van der Waals surface area (Å²) in [7, 11) is 0. The number of aromatic nitrogens is 2. The van der Waals surface area contributed by atoms with Crippen LogP contribution in [0.25, 0.3) is 0 Å². The van der Waals surface area contributed by atoms with Crippen LogP contribution in [0.5, 0.6) is 5.88 Å². The van der Waals surface area contributed by atoms with E-state index in [1.165, 1.54) is 24.4 Å². The Hall–Kier alpha value is -3.05. The maximum atomic E-state index is 12.6. The van der Waals surface area contributed by atoms with Gasteiger partial charge in [0.15, 0.2) is 6.61 Å². The first kappa shape index (κ1) is 22.6. The van der Waals surface area contributed by atoms with Gasteiger partial charge >= 0.3 is 12.4 Å². The van der Waals surface area contributed by atoms with Gasteiger partial charge < -0.3 is 15.0 Å². The van der Waals surface area contributed by atoms with Crippen molar-refractivity contribution in [1.82, 2.24) is 15.3 Å². The fourth-order valence-electron chi connectivity index (χ4n) is 3.09. The van der Waals surface area contributed by atoms with E-state index in [0.717, 1.165) is 12.3 Å². The number of halogens is 6. The van der Waals surface area contributed by atoms with Crippen LogP contribution in [0.4, 0.5) is 32.2 Å².